The second-order valence-electron chi connectivity index (χ2n) is 5.93. The van der Waals surface area contributed by atoms with Gasteiger partial charge in [0.1, 0.15) is 6.10 Å². The third kappa shape index (κ3) is 3.79. The highest BCUT2D eigenvalue weighted by atomic mass is 35.5. The van der Waals surface area contributed by atoms with Crippen LogP contribution in [0.4, 0.5) is 5.69 Å². The lowest BCUT2D eigenvalue weighted by molar-refractivity contribution is -0.0867. The van der Waals surface area contributed by atoms with Crippen LogP contribution in [0, 0.1) is 0 Å². The molecular formula is C17H23ClN2O3. The Labute approximate surface area is 141 Å². The van der Waals surface area contributed by atoms with E-state index in [2.05, 4.69) is 5.32 Å². The highest BCUT2D eigenvalue weighted by molar-refractivity contribution is 6.31. The summed E-state index contributed by atoms with van der Waals surface area (Å²) in [5, 5.41) is 3.80. The Bertz CT molecular complexity index is 561. The summed E-state index contributed by atoms with van der Waals surface area (Å²) in [5.74, 6) is -0.00486. The van der Waals surface area contributed by atoms with E-state index in [0.717, 1.165) is 31.7 Å². The quantitative estimate of drug-likeness (QED) is 0.917. The molecule has 2 atom stereocenters. The number of ether oxygens (including phenoxy) is 2. The van der Waals surface area contributed by atoms with E-state index in [4.69, 9.17) is 21.1 Å². The molecule has 23 heavy (non-hydrogen) atoms. The lowest BCUT2D eigenvalue weighted by Gasteiger charge is -2.35. The van der Waals surface area contributed by atoms with E-state index in [1.807, 2.05) is 17.9 Å². The van der Waals surface area contributed by atoms with Crippen LogP contribution < -0.4 is 5.32 Å². The first-order valence-corrected chi connectivity index (χ1v) is 8.62. The molecule has 0 aromatic heterocycles. The van der Waals surface area contributed by atoms with Crippen molar-refractivity contribution in [3.8, 4) is 0 Å². The number of amides is 1. The van der Waals surface area contributed by atoms with Crippen LogP contribution in [0.25, 0.3) is 0 Å². The minimum Gasteiger partial charge on any atom is -0.385 e. The van der Waals surface area contributed by atoms with Gasteiger partial charge >= 0.3 is 0 Å². The Kier molecular flexibility index (Phi) is 5.41. The topological polar surface area (TPSA) is 50.8 Å². The molecule has 1 N–H and O–H groups in total. The van der Waals surface area contributed by atoms with Crippen molar-refractivity contribution in [3.63, 3.8) is 0 Å². The van der Waals surface area contributed by atoms with Crippen molar-refractivity contribution >= 4 is 23.2 Å². The number of benzene rings is 1. The minimum atomic E-state index is -0.0306. The molecule has 0 radical (unpaired) electrons. The summed E-state index contributed by atoms with van der Waals surface area (Å²) in [6, 6.07) is 5.39. The maximum absolute atomic E-state index is 12.9. The molecule has 0 unspecified atom stereocenters. The fourth-order valence-corrected chi connectivity index (χ4v) is 3.36. The normalized spacial score (nSPS) is 24.7. The monoisotopic (exact) mass is 338 g/mol. The summed E-state index contributed by atoms with van der Waals surface area (Å²) in [5.41, 5.74) is 1.44. The van der Waals surface area contributed by atoms with Crippen LogP contribution >= 0.6 is 11.6 Å². The van der Waals surface area contributed by atoms with Crippen molar-refractivity contribution in [2.24, 2.45) is 0 Å². The molecule has 0 aliphatic carbocycles. The molecule has 2 fully saturated rings. The average Bonchev–Trinajstić information content (AvgIpc) is 3.11. The predicted octanol–water partition coefficient (Wildman–Crippen LogP) is 2.79. The number of hydrogen-bond donors (Lipinski definition) is 1. The number of nitrogens with zero attached hydrogens (tertiary/aromatic N) is 1. The molecule has 2 aliphatic heterocycles. The van der Waals surface area contributed by atoms with E-state index >= 15 is 0 Å². The Hall–Kier alpha value is -1.30. The zero-order valence-corrected chi connectivity index (χ0v) is 14.1. The van der Waals surface area contributed by atoms with Crippen LogP contribution in [-0.4, -0.2) is 55.9 Å². The molecule has 0 spiro atoms. The Morgan fingerprint density at radius 1 is 1.35 bits per heavy atom. The van der Waals surface area contributed by atoms with Gasteiger partial charge in [-0.3, -0.25) is 4.79 Å². The second-order valence-corrected chi connectivity index (χ2v) is 6.37. The highest BCUT2D eigenvalue weighted by Gasteiger charge is 2.33. The van der Waals surface area contributed by atoms with Crippen LogP contribution in [0.2, 0.25) is 5.02 Å². The summed E-state index contributed by atoms with van der Waals surface area (Å²) >= 11 is 6.09. The fraction of sp³-hybridized carbons (Fsp3) is 0.588. The van der Waals surface area contributed by atoms with Crippen molar-refractivity contribution in [2.45, 2.75) is 32.0 Å². The van der Waals surface area contributed by atoms with E-state index in [1.54, 1.807) is 12.1 Å². The van der Waals surface area contributed by atoms with Gasteiger partial charge in [0.15, 0.2) is 0 Å². The lowest BCUT2D eigenvalue weighted by Crippen LogP contribution is -2.49. The van der Waals surface area contributed by atoms with E-state index in [0.29, 0.717) is 30.3 Å². The first-order chi connectivity index (χ1) is 11.2. The summed E-state index contributed by atoms with van der Waals surface area (Å²) in [6.07, 6.45) is 2.15. The molecule has 2 aliphatic rings. The third-order valence-corrected chi connectivity index (χ3v) is 4.57. The molecule has 126 valence electrons. The standard InChI is InChI=1S/C17H23ClN2O3/c1-2-19-14-6-5-12(18)10-13(14)17(21)20-7-9-23-16(11-20)15-4-3-8-22-15/h5-6,10,15-16,19H,2-4,7-9,11H2,1H3/t15-,16-/m0/s1. The maximum atomic E-state index is 12.9. The average molecular weight is 339 g/mol. The van der Waals surface area contributed by atoms with Crippen LogP contribution in [-0.2, 0) is 9.47 Å². The first kappa shape index (κ1) is 16.6. The highest BCUT2D eigenvalue weighted by Crippen LogP contribution is 2.25. The van der Waals surface area contributed by atoms with Crippen molar-refractivity contribution in [1.82, 2.24) is 4.90 Å². The molecule has 0 bridgehead atoms. The van der Waals surface area contributed by atoms with Gasteiger partial charge < -0.3 is 19.7 Å². The maximum Gasteiger partial charge on any atom is 0.256 e. The summed E-state index contributed by atoms with van der Waals surface area (Å²) < 4.78 is 11.5. The van der Waals surface area contributed by atoms with Crippen molar-refractivity contribution in [1.29, 1.82) is 0 Å². The summed E-state index contributed by atoms with van der Waals surface area (Å²) in [7, 11) is 0. The second kappa shape index (κ2) is 7.51. The van der Waals surface area contributed by atoms with E-state index in [9.17, 15) is 4.79 Å². The Morgan fingerprint density at radius 3 is 2.91 bits per heavy atom. The number of carbonyl (C=O) groups excluding carboxylic acids is 1. The molecule has 3 rings (SSSR count). The molecule has 0 saturated carbocycles. The van der Waals surface area contributed by atoms with E-state index < -0.39 is 0 Å². The van der Waals surface area contributed by atoms with Gasteiger partial charge in [0.05, 0.1) is 18.3 Å². The molecule has 1 aromatic rings. The minimum absolute atomic E-state index is 0.00486. The predicted molar refractivity (Wildman–Crippen MR) is 90.2 cm³/mol. The Balaban J connectivity index is 1.75. The van der Waals surface area contributed by atoms with Gasteiger partial charge in [-0.1, -0.05) is 11.6 Å². The van der Waals surface area contributed by atoms with Gasteiger partial charge in [-0.2, -0.15) is 0 Å². The molecule has 6 heteroatoms. The number of hydrogen-bond acceptors (Lipinski definition) is 4. The van der Waals surface area contributed by atoms with Crippen LogP contribution in [0.5, 0.6) is 0 Å². The van der Waals surface area contributed by atoms with Gasteiger partial charge in [-0.15, -0.1) is 0 Å². The van der Waals surface area contributed by atoms with Crippen LogP contribution in [0.15, 0.2) is 18.2 Å². The summed E-state index contributed by atoms with van der Waals surface area (Å²) in [4.78, 5) is 14.8. The van der Waals surface area contributed by atoms with Crippen LogP contribution in [0.1, 0.15) is 30.1 Å². The zero-order chi connectivity index (χ0) is 16.2. The molecule has 5 nitrogen and oxygen atoms in total. The van der Waals surface area contributed by atoms with Crippen molar-refractivity contribution in [3.05, 3.63) is 28.8 Å². The van der Waals surface area contributed by atoms with Gasteiger partial charge in [0.25, 0.3) is 5.91 Å². The number of nitrogens with one attached hydrogen (secondary N) is 1. The fourth-order valence-electron chi connectivity index (χ4n) is 3.19. The number of halogens is 1. The molecule has 1 amide bonds. The zero-order valence-electron chi connectivity index (χ0n) is 13.4. The summed E-state index contributed by atoms with van der Waals surface area (Å²) in [6.45, 7) is 5.26. The number of morpholine rings is 1. The molecule has 2 saturated heterocycles. The van der Waals surface area contributed by atoms with Crippen molar-refractivity contribution in [2.75, 3.05) is 38.2 Å². The smallest absolute Gasteiger partial charge is 0.256 e. The largest absolute Gasteiger partial charge is 0.385 e. The number of rotatable bonds is 4. The lowest BCUT2D eigenvalue weighted by atomic mass is 10.1. The molecular weight excluding hydrogens is 316 g/mol. The van der Waals surface area contributed by atoms with Gasteiger partial charge in [0.2, 0.25) is 0 Å². The third-order valence-electron chi connectivity index (χ3n) is 4.34. The SMILES string of the molecule is CCNc1ccc(Cl)cc1C(=O)N1CCO[C@H]([C@@H]2CCCO2)C1. The van der Waals surface area contributed by atoms with Crippen molar-refractivity contribution < 1.29 is 14.3 Å². The van der Waals surface area contributed by atoms with E-state index in [-0.39, 0.29) is 18.1 Å². The van der Waals surface area contributed by atoms with Gasteiger partial charge in [0, 0.05) is 37.0 Å². The molecule has 1 aromatic carbocycles. The number of carbonyl (C=O) groups is 1. The molecule has 2 heterocycles. The van der Waals surface area contributed by atoms with Gasteiger partial charge in [-0.25, -0.2) is 0 Å². The number of anilines is 1. The van der Waals surface area contributed by atoms with Gasteiger partial charge in [-0.05, 0) is 38.0 Å². The van der Waals surface area contributed by atoms with E-state index in [1.165, 1.54) is 0 Å². The van der Waals surface area contributed by atoms with Crippen LogP contribution in [0.3, 0.4) is 0 Å². The first-order valence-electron chi connectivity index (χ1n) is 8.25. The Morgan fingerprint density at radius 2 is 2.17 bits per heavy atom.